The molecule has 132 valence electrons. The van der Waals surface area contributed by atoms with E-state index in [1.165, 1.54) is 38.7 Å². The van der Waals surface area contributed by atoms with Gasteiger partial charge in [-0.05, 0) is 39.8 Å². The highest BCUT2D eigenvalue weighted by atomic mass is 15.4. The number of nitrogens with zero attached hydrogens (tertiary/aromatic N) is 7. The number of hydrogen-bond donors (Lipinski definition) is 1. The summed E-state index contributed by atoms with van der Waals surface area (Å²) in [5, 5.41) is 12.2. The first-order valence-electron chi connectivity index (χ1n) is 8.89. The van der Waals surface area contributed by atoms with Crippen LogP contribution in [0.15, 0.2) is 18.7 Å². The third-order valence-corrected chi connectivity index (χ3v) is 4.90. The molecule has 0 unspecified atom stereocenters. The van der Waals surface area contributed by atoms with Crippen LogP contribution in [0.5, 0.6) is 0 Å². The van der Waals surface area contributed by atoms with E-state index in [0.29, 0.717) is 5.78 Å². The van der Waals surface area contributed by atoms with Gasteiger partial charge in [-0.15, -0.1) is 0 Å². The Morgan fingerprint density at radius 2 is 1.92 bits per heavy atom. The fourth-order valence-corrected chi connectivity index (χ4v) is 3.29. The zero-order valence-electron chi connectivity index (χ0n) is 14.8. The van der Waals surface area contributed by atoms with Crippen LogP contribution in [0, 0.1) is 13.8 Å². The zero-order chi connectivity index (χ0) is 17.2. The minimum absolute atomic E-state index is 0.600. The quantitative estimate of drug-likeness (QED) is 0.767. The van der Waals surface area contributed by atoms with E-state index < -0.39 is 0 Å². The number of fused-ring (bicyclic) bond motifs is 1. The number of piperidine rings is 1. The standard InChI is InChI=1S/C17H24N8/c1-13-14(2)21-17-18-12-20-25(17)16(13)22-15-10-19-24(11-15)9-8-23-6-4-3-5-7-23/h10-12,22H,3-9H2,1-2H3. The van der Waals surface area contributed by atoms with E-state index in [2.05, 4.69) is 30.4 Å². The maximum absolute atomic E-state index is 4.48. The smallest absolute Gasteiger partial charge is 0.254 e. The summed E-state index contributed by atoms with van der Waals surface area (Å²) in [5.74, 6) is 1.48. The van der Waals surface area contributed by atoms with E-state index in [1.807, 2.05) is 30.9 Å². The van der Waals surface area contributed by atoms with Crippen molar-refractivity contribution in [3.63, 3.8) is 0 Å². The van der Waals surface area contributed by atoms with Gasteiger partial charge in [0.15, 0.2) is 0 Å². The van der Waals surface area contributed by atoms with E-state index in [-0.39, 0.29) is 0 Å². The lowest BCUT2D eigenvalue weighted by molar-refractivity contribution is 0.218. The number of nitrogens with one attached hydrogen (secondary N) is 1. The molecule has 4 rings (SSSR count). The topological polar surface area (TPSA) is 76.2 Å². The van der Waals surface area contributed by atoms with Gasteiger partial charge in [-0.2, -0.15) is 19.7 Å². The lowest BCUT2D eigenvalue weighted by atomic mass is 10.1. The van der Waals surface area contributed by atoms with Crippen molar-refractivity contribution < 1.29 is 0 Å². The molecule has 25 heavy (non-hydrogen) atoms. The number of aryl methyl sites for hydroxylation is 1. The third kappa shape index (κ3) is 3.34. The van der Waals surface area contributed by atoms with Crippen molar-refractivity contribution in [1.29, 1.82) is 0 Å². The molecule has 0 aliphatic carbocycles. The van der Waals surface area contributed by atoms with Crippen LogP contribution in [0.1, 0.15) is 30.5 Å². The van der Waals surface area contributed by atoms with Crippen LogP contribution in [0.25, 0.3) is 5.78 Å². The van der Waals surface area contributed by atoms with Gasteiger partial charge in [0.1, 0.15) is 12.1 Å². The van der Waals surface area contributed by atoms with Gasteiger partial charge >= 0.3 is 0 Å². The third-order valence-electron chi connectivity index (χ3n) is 4.90. The van der Waals surface area contributed by atoms with Crippen LogP contribution in [0.3, 0.4) is 0 Å². The predicted octanol–water partition coefficient (Wildman–Crippen LogP) is 2.17. The molecule has 1 saturated heterocycles. The average molecular weight is 340 g/mol. The van der Waals surface area contributed by atoms with Crippen LogP contribution >= 0.6 is 0 Å². The first-order valence-corrected chi connectivity index (χ1v) is 8.89. The number of likely N-dealkylation sites (tertiary alicyclic amines) is 1. The molecule has 1 N–H and O–H groups in total. The Morgan fingerprint density at radius 1 is 1.08 bits per heavy atom. The molecule has 0 bridgehead atoms. The molecule has 4 heterocycles. The van der Waals surface area contributed by atoms with Gasteiger partial charge in [-0.1, -0.05) is 6.42 Å². The lowest BCUT2D eigenvalue weighted by Gasteiger charge is -2.26. The molecule has 3 aromatic rings. The number of rotatable bonds is 5. The predicted molar refractivity (Wildman–Crippen MR) is 96.1 cm³/mol. The largest absolute Gasteiger partial charge is 0.337 e. The Kier molecular flexibility index (Phi) is 4.35. The maximum Gasteiger partial charge on any atom is 0.254 e. The van der Waals surface area contributed by atoms with Gasteiger partial charge < -0.3 is 10.2 Å². The van der Waals surface area contributed by atoms with Crippen molar-refractivity contribution in [3.05, 3.63) is 30.0 Å². The van der Waals surface area contributed by atoms with Gasteiger partial charge in [0.25, 0.3) is 5.78 Å². The molecule has 0 amide bonds. The van der Waals surface area contributed by atoms with E-state index >= 15 is 0 Å². The summed E-state index contributed by atoms with van der Waals surface area (Å²) < 4.78 is 3.73. The molecule has 0 spiro atoms. The first-order chi connectivity index (χ1) is 12.2. The second-order valence-electron chi connectivity index (χ2n) is 6.66. The van der Waals surface area contributed by atoms with Crippen molar-refractivity contribution in [2.45, 2.75) is 39.7 Å². The summed E-state index contributed by atoms with van der Waals surface area (Å²) in [6.07, 6.45) is 9.43. The van der Waals surface area contributed by atoms with Crippen LogP contribution < -0.4 is 5.32 Å². The van der Waals surface area contributed by atoms with E-state index in [4.69, 9.17) is 0 Å². The molecule has 0 aromatic carbocycles. The van der Waals surface area contributed by atoms with Crippen molar-refractivity contribution in [2.75, 3.05) is 25.0 Å². The molecule has 8 nitrogen and oxygen atoms in total. The highest BCUT2D eigenvalue weighted by Crippen LogP contribution is 2.22. The molecule has 0 atom stereocenters. The Morgan fingerprint density at radius 3 is 2.76 bits per heavy atom. The van der Waals surface area contributed by atoms with Gasteiger partial charge in [0.2, 0.25) is 0 Å². The summed E-state index contributed by atoms with van der Waals surface area (Å²) in [4.78, 5) is 11.2. The van der Waals surface area contributed by atoms with Crippen molar-refractivity contribution >= 4 is 17.3 Å². The molecule has 0 saturated carbocycles. The molecule has 1 fully saturated rings. The van der Waals surface area contributed by atoms with E-state index in [9.17, 15) is 0 Å². The fourth-order valence-electron chi connectivity index (χ4n) is 3.29. The van der Waals surface area contributed by atoms with Crippen molar-refractivity contribution in [3.8, 4) is 0 Å². The Labute approximate surface area is 146 Å². The molecular weight excluding hydrogens is 316 g/mol. The molecule has 1 aliphatic rings. The van der Waals surface area contributed by atoms with Gasteiger partial charge in [-0.3, -0.25) is 4.68 Å². The molecular formula is C17H24N8. The average Bonchev–Trinajstić information content (AvgIpc) is 3.27. The molecule has 0 radical (unpaired) electrons. The summed E-state index contributed by atoms with van der Waals surface area (Å²) in [5.41, 5.74) is 2.95. The van der Waals surface area contributed by atoms with Crippen LogP contribution in [0.2, 0.25) is 0 Å². The van der Waals surface area contributed by atoms with Crippen molar-refractivity contribution in [1.82, 2.24) is 34.3 Å². The van der Waals surface area contributed by atoms with Gasteiger partial charge in [0.05, 0.1) is 18.4 Å². The molecule has 8 heteroatoms. The van der Waals surface area contributed by atoms with Crippen LogP contribution in [0.4, 0.5) is 11.5 Å². The molecule has 3 aromatic heterocycles. The Bertz CT molecular complexity index is 859. The SMILES string of the molecule is Cc1nc2ncnn2c(Nc2cnn(CCN3CCCCC3)c2)c1C. The fraction of sp³-hybridized carbons (Fsp3) is 0.529. The number of hydrogen-bond acceptors (Lipinski definition) is 6. The maximum atomic E-state index is 4.48. The minimum Gasteiger partial charge on any atom is -0.337 e. The second kappa shape index (κ2) is 6.79. The Balaban J connectivity index is 1.48. The number of aromatic nitrogens is 6. The highest BCUT2D eigenvalue weighted by molar-refractivity contribution is 5.61. The van der Waals surface area contributed by atoms with Crippen LogP contribution in [-0.4, -0.2) is 53.9 Å². The zero-order valence-corrected chi connectivity index (χ0v) is 14.8. The van der Waals surface area contributed by atoms with Crippen molar-refractivity contribution in [2.24, 2.45) is 0 Å². The Hall–Kier alpha value is -2.48. The van der Waals surface area contributed by atoms with E-state index in [0.717, 1.165) is 35.9 Å². The summed E-state index contributed by atoms with van der Waals surface area (Å²) in [6, 6.07) is 0. The van der Waals surface area contributed by atoms with E-state index in [1.54, 1.807) is 4.52 Å². The van der Waals surface area contributed by atoms with Crippen LogP contribution in [-0.2, 0) is 6.54 Å². The van der Waals surface area contributed by atoms with Gasteiger partial charge in [0, 0.05) is 24.0 Å². The first kappa shape index (κ1) is 16.0. The normalized spacial score (nSPS) is 15.8. The second-order valence-corrected chi connectivity index (χ2v) is 6.66. The highest BCUT2D eigenvalue weighted by Gasteiger charge is 2.13. The lowest BCUT2D eigenvalue weighted by Crippen LogP contribution is -2.32. The monoisotopic (exact) mass is 340 g/mol. The summed E-state index contributed by atoms with van der Waals surface area (Å²) >= 11 is 0. The van der Waals surface area contributed by atoms with Gasteiger partial charge in [-0.25, -0.2) is 4.98 Å². The minimum atomic E-state index is 0.600. The number of anilines is 2. The molecule has 1 aliphatic heterocycles. The summed E-state index contributed by atoms with van der Waals surface area (Å²) in [7, 11) is 0. The summed E-state index contributed by atoms with van der Waals surface area (Å²) in [6.45, 7) is 8.42.